The Morgan fingerprint density at radius 1 is 1.32 bits per heavy atom. The third-order valence-electron chi connectivity index (χ3n) is 3.76. The Labute approximate surface area is 153 Å². The Hall–Kier alpha value is -1.09. The second kappa shape index (κ2) is 10.2. The standard InChI is InChI=1S/C16H22F3N3OS2/c17-16(18,19)13-5-3-8-21-15(13)22-10-9-20-14(23)6-2-1-4-12-7-11-24-25-12/h3,5,8,12H,1-2,4,6-7,9-11H2,(H,20,23)(H,21,22). The number of hydrogen-bond donors (Lipinski definition) is 2. The lowest BCUT2D eigenvalue weighted by atomic mass is 10.1. The highest BCUT2D eigenvalue weighted by Gasteiger charge is 2.33. The normalized spacial score (nSPS) is 17.5. The fourth-order valence-electron chi connectivity index (χ4n) is 2.47. The van der Waals surface area contributed by atoms with E-state index in [4.69, 9.17) is 0 Å². The summed E-state index contributed by atoms with van der Waals surface area (Å²) in [5.74, 6) is 0.943. The number of unbranched alkanes of at least 4 members (excludes halogenated alkanes) is 1. The summed E-state index contributed by atoms with van der Waals surface area (Å²) in [7, 11) is 3.86. The highest BCUT2D eigenvalue weighted by Crippen LogP contribution is 2.39. The van der Waals surface area contributed by atoms with Crippen molar-refractivity contribution in [3.05, 3.63) is 23.9 Å². The van der Waals surface area contributed by atoms with Gasteiger partial charge in [0.05, 0.1) is 5.56 Å². The van der Waals surface area contributed by atoms with Crippen LogP contribution in [0.1, 0.15) is 37.7 Å². The summed E-state index contributed by atoms with van der Waals surface area (Å²) < 4.78 is 38.5. The van der Waals surface area contributed by atoms with Gasteiger partial charge in [-0.1, -0.05) is 28.0 Å². The molecule has 1 amide bonds. The molecule has 1 aliphatic rings. The van der Waals surface area contributed by atoms with Gasteiger partial charge in [0.1, 0.15) is 5.82 Å². The molecule has 0 aliphatic carbocycles. The summed E-state index contributed by atoms with van der Waals surface area (Å²) >= 11 is 0. The van der Waals surface area contributed by atoms with E-state index in [2.05, 4.69) is 15.6 Å². The number of alkyl halides is 3. The van der Waals surface area contributed by atoms with Gasteiger partial charge in [0.2, 0.25) is 5.91 Å². The van der Waals surface area contributed by atoms with Crippen molar-refractivity contribution in [2.24, 2.45) is 0 Å². The second-order valence-corrected chi connectivity index (χ2v) is 8.54. The van der Waals surface area contributed by atoms with Crippen LogP contribution in [0, 0.1) is 0 Å². The SMILES string of the molecule is O=C(CCCCC1CCSS1)NCCNc1ncccc1C(F)(F)F. The lowest BCUT2D eigenvalue weighted by Gasteiger charge is -2.13. The van der Waals surface area contributed by atoms with E-state index in [0.717, 1.165) is 30.6 Å². The summed E-state index contributed by atoms with van der Waals surface area (Å²) in [6, 6.07) is 2.23. The molecule has 2 heterocycles. The second-order valence-electron chi connectivity index (χ2n) is 5.75. The van der Waals surface area contributed by atoms with Gasteiger partial charge in [-0.05, 0) is 31.4 Å². The summed E-state index contributed by atoms with van der Waals surface area (Å²) in [4.78, 5) is 15.4. The third-order valence-corrected chi connectivity index (χ3v) is 6.77. The first kappa shape index (κ1) is 20.2. The van der Waals surface area contributed by atoms with Crippen molar-refractivity contribution in [1.29, 1.82) is 0 Å². The van der Waals surface area contributed by atoms with Crippen LogP contribution in [0.5, 0.6) is 0 Å². The van der Waals surface area contributed by atoms with Crippen molar-refractivity contribution in [3.63, 3.8) is 0 Å². The Balaban J connectivity index is 1.58. The molecule has 1 atom stereocenters. The van der Waals surface area contributed by atoms with Gasteiger partial charge in [-0.15, -0.1) is 0 Å². The van der Waals surface area contributed by atoms with Gasteiger partial charge in [-0.2, -0.15) is 13.2 Å². The van der Waals surface area contributed by atoms with Crippen molar-refractivity contribution in [3.8, 4) is 0 Å². The molecule has 0 saturated carbocycles. The fraction of sp³-hybridized carbons (Fsp3) is 0.625. The number of nitrogens with one attached hydrogen (secondary N) is 2. The molecule has 0 bridgehead atoms. The Morgan fingerprint density at radius 3 is 2.88 bits per heavy atom. The van der Waals surface area contributed by atoms with E-state index in [1.165, 1.54) is 24.4 Å². The topological polar surface area (TPSA) is 54.0 Å². The summed E-state index contributed by atoms with van der Waals surface area (Å²) in [5.41, 5.74) is -0.802. The molecular weight excluding hydrogens is 371 g/mol. The number of amides is 1. The number of nitrogens with zero attached hydrogens (tertiary/aromatic N) is 1. The predicted molar refractivity (Wildman–Crippen MR) is 97.7 cm³/mol. The molecule has 1 saturated heterocycles. The quantitative estimate of drug-likeness (QED) is 0.483. The van der Waals surface area contributed by atoms with Crippen LogP contribution in [-0.4, -0.2) is 35.0 Å². The van der Waals surface area contributed by atoms with Crippen LogP contribution < -0.4 is 10.6 Å². The number of rotatable bonds is 9. The first-order valence-corrected chi connectivity index (χ1v) is 10.7. The number of aromatic nitrogens is 1. The zero-order valence-corrected chi connectivity index (χ0v) is 15.4. The van der Waals surface area contributed by atoms with Crippen LogP contribution in [0.3, 0.4) is 0 Å². The average molecular weight is 394 g/mol. The average Bonchev–Trinajstić information content (AvgIpc) is 3.08. The summed E-state index contributed by atoms with van der Waals surface area (Å²) in [6.07, 6.45) is 1.59. The molecule has 1 aromatic rings. The van der Waals surface area contributed by atoms with Crippen LogP contribution in [0.15, 0.2) is 18.3 Å². The number of halogens is 3. The van der Waals surface area contributed by atoms with E-state index in [0.29, 0.717) is 6.42 Å². The fourth-order valence-corrected chi connectivity index (χ4v) is 5.50. The van der Waals surface area contributed by atoms with Crippen LogP contribution in [0.25, 0.3) is 0 Å². The van der Waals surface area contributed by atoms with Gasteiger partial charge >= 0.3 is 6.18 Å². The van der Waals surface area contributed by atoms with Gasteiger partial charge < -0.3 is 10.6 Å². The van der Waals surface area contributed by atoms with Crippen molar-refractivity contribution < 1.29 is 18.0 Å². The molecular formula is C16H22F3N3OS2. The minimum Gasteiger partial charge on any atom is -0.368 e. The Kier molecular flexibility index (Phi) is 8.21. The smallest absolute Gasteiger partial charge is 0.368 e. The van der Waals surface area contributed by atoms with E-state index in [1.807, 2.05) is 21.6 Å². The van der Waals surface area contributed by atoms with E-state index >= 15 is 0 Å². The van der Waals surface area contributed by atoms with Gasteiger partial charge in [0.15, 0.2) is 0 Å². The molecule has 25 heavy (non-hydrogen) atoms. The molecule has 4 nitrogen and oxygen atoms in total. The minimum absolute atomic E-state index is 0.0627. The highest BCUT2D eigenvalue weighted by atomic mass is 33.1. The Bertz CT molecular complexity index is 552. The third kappa shape index (κ3) is 7.35. The van der Waals surface area contributed by atoms with Crippen LogP contribution in [0.4, 0.5) is 19.0 Å². The van der Waals surface area contributed by atoms with Crippen molar-refractivity contribution in [2.45, 2.75) is 43.5 Å². The highest BCUT2D eigenvalue weighted by molar-refractivity contribution is 8.77. The lowest BCUT2D eigenvalue weighted by Crippen LogP contribution is -2.29. The molecule has 1 aliphatic heterocycles. The molecule has 1 unspecified atom stereocenters. The molecule has 0 radical (unpaired) electrons. The van der Waals surface area contributed by atoms with Crippen molar-refractivity contribution in [2.75, 3.05) is 24.2 Å². The Morgan fingerprint density at radius 2 is 2.16 bits per heavy atom. The molecule has 0 spiro atoms. The summed E-state index contributed by atoms with van der Waals surface area (Å²) in [6.45, 7) is 0.462. The number of hydrogen-bond acceptors (Lipinski definition) is 5. The van der Waals surface area contributed by atoms with Gasteiger partial charge in [0.25, 0.3) is 0 Å². The van der Waals surface area contributed by atoms with E-state index < -0.39 is 11.7 Å². The van der Waals surface area contributed by atoms with Crippen LogP contribution >= 0.6 is 21.6 Å². The maximum atomic E-state index is 12.8. The number of carbonyl (C=O) groups excluding carboxylic acids is 1. The largest absolute Gasteiger partial charge is 0.419 e. The first-order chi connectivity index (χ1) is 12.0. The zero-order chi connectivity index (χ0) is 18.1. The molecule has 1 aromatic heterocycles. The number of anilines is 1. The zero-order valence-electron chi connectivity index (χ0n) is 13.8. The van der Waals surface area contributed by atoms with Gasteiger partial charge in [-0.25, -0.2) is 4.98 Å². The maximum Gasteiger partial charge on any atom is 0.419 e. The number of carbonyl (C=O) groups is 1. The van der Waals surface area contributed by atoms with Crippen molar-refractivity contribution >= 4 is 33.3 Å². The van der Waals surface area contributed by atoms with Crippen LogP contribution in [0.2, 0.25) is 0 Å². The van der Waals surface area contributed by atoms with Crippen molar-refractivity contribution in [1.82, 2.24) is 10.3 Å². The summed E-state index contributed by atoms with van der Waals surface area (Å²) in [5, 5.41) is 6.07. The molecule has 0 aromatic carbocycles. The molecule has 2 N–H and O–H groups in total. The first-order valence-electron chi connectivity index (χ1n) is 8.28. The molecule has 9 heteroatoms. The molecule has 1 fully saturated rings. The van der Waals surface area contributed by atoms with Crippen LogP contribution in [-0.2, 0) is 11.0 Å². The molecule has 2 rings (SSSR count). The monoisotopic (exact) mass is 393 g/mol. The lowest BCUT2D eigenvalue weighted by molar-refractivity contribution is -0.137. The van der Waals surface area contributed by atoms with E-state index in [-0.39, 0.29) is 24.8 Å². The maximum absolute atomic E-state index is 12.8. The van der Waals surface area contributed by atoms with Gasteiger partial charge in [-0.3, -0.25) is 4.79 Å². The number of pyridine rings is 1. The minimum atomic E-state index is -4.45. The van der Waals surface area contributed by atoms with E-state index in [9.17, 15) is 18.0 Å². The molecule has 140 valence electrons. The van der Waals surface area contributed by atoms with Gasteiger partial charge in [0, 0.05) is 36.7 Å². The predicted octanol–water partition coefficient (Wildman–Crippen LogP) is 4.34. The van der Waals surface area contributed by atoms with E-state index in [1.54, 1.807) is 0 Å².